The van der Waals surface area contributed by atoms with Gasteiger partial charge in [-0.1, -0.05) is 19.1 Å². The smallest absolute Gasteiger partial charge is 0.127 e. The summed E-state index contributed by atoms with van der Waals surface area (Å²) in [6.07, 6.45) is 0.982. The van der Waals surface area contributed by atoms with E-state index in [4.69, 9.17) is 15.7 Å². The van der Waals surface area contributed by atoms with Crippen molar-refractivity contribution in [1.82, 2.24) is 0 Å². The Hall–Kier alpha value is -2.31. The molecule has 2 aromatic rings. The molecule has 0 aromatic heterocycles. The fourth-order valence-corrected chi connectivity index (χ4v) is 2.01. The Labute approximate surface area is 119 Å². The fraction of sp³-hybridized carbons (Fsp3) is 0.235. The molecule has 2 aromatic carbocycles. The number of hydrogen-bond acceptors (Lipinski definition) is 3. The average molecular weight is 266 g/mol. The molecule has 102 valence electrons. The summed E-state index contributed by atoms with van der Waals surface area (Å²) in [4.78, 5) is 0. The quantitative estimate of drug-likeness (QED) is 0.895. The molecule has 0 aliphatic heterocycles. The van der Waals surface area contributed by atoms with Gasteiger partial charge in [-0.25, -0.2) is 0 Å². The summed E-state index contributed by atoms with van der Waals surface area (Å²) >= 11 is 0. The van der Waals surface area contributed by atoms with Gasteiger partial charge in [0.15, 0.2) is 0 Å². The molecule has 1 unspecified atom stereocenters. The topological polar surface area (TPSA) is 59.0 Å². The fourth-order valence-electron chi connectivity index (χ4n) is 2.01. The Morgan fingerprint density at radius 3 is 2.10 bits per heavy atom. The molecule has 1 atom stereocenters. The molecule has 20 heavy (non-hydrogen) atoms. The first-order valence-corrected chi connectivity index (χ1v) is 6.71. The molecule has 0 saturated carbocycles. The number of nitrogens with zero attached hydrogens (tertiary/aromatic N) is 1. The highest BCUT2D eigenvalue weighted by molar-refractivity contribution is 5.38. The Morgan fingerprint density at radius 1 is 1.05 bits per heavy atom. The van der Waals surface area contributed by atoms with Crippen molar-refractivity contribution < 1.29 is 4.74 Å². The zero-order valence-electron chi connectivity index (χ0n) is 11.5. The van der Waals surface area contributed by atoms with Gasteiger partial charge in [0, 0.05) is 0 Å². The Bertz CT molecular complexity index is 582. The van der Waals surface area contributed by atoms with Crippen molar-refractivity contribution in [2.75, 3.05) is 6.54 Å². The van der Waals surface area contributed by atoms with Crippen LogP contribution >= 0.6 is 0 Å². The van der Waals surface area contributed by atoms with Gasteiger partial charge in [0.1, 0.15) is 11.5 Å². The maximum Gasteiger partial charge on any atom is 0.127 e. The molecule has 0 radical (unpaired) electrons. The van der Waals surface area contributed by atoms with E-state index in [-0.39, 0.29) is 0 Å². The van der Waals surface area contributed by atoms with E-state index in [2.05, 4.69) is 25.1 Å². The van der Waals surface area contributed by atoms with Crippen LogP contribution in [0.25, 0.3) is 0 Å². The lowest BCUT2D eigenvalue weighted by Gasteiger charge is -2.11. The van der Waals surface area contributed by atoms with Crippen LogP contribution in [0, 0.1) is 11.3 Å². The molecule has 0 heterocycles. The normalized spacial score (nSPS) is 11.7. The van der Waals surface area contributed by atoms with Gasteiger partial charge in [-0.05, 0) is 60.8 Å². The molecule has 0 aliphatic carbocycles. The third-order valence-corrected chi connectivity index (χ3v) is 3.27. The SMILES string of the molecule is CC(CCN)c1ccc(Oc2ccc(C#N)cc2)cc1. The minimum atomic E-state index is 0.462. The number of nitriles is 1. The van der Waals surface area contributed by atoms with Gasteiger partial charge in [-0.3, -0.25) is 0 Å². The molecule has 2 N–H and O–H groups in total. The average Bonchev–Trinajstić information content (AvgIpc) is 2.49. The van der Waals surface area contributed by atoms with Gasteiger partial charge in [0.2, 0.25) is 0 Å². The number of rotatable bonds is 5. The molecule has 0 bridgehead atoms. The van der Waals surface area contributed by atoms with Gasteiger partial charge in [-0.2, -0.15) is 5.26 Å². The lowest BCUT2D eigenvalue weighted by molar-refractivity contribution is 0.482. The second kappa shape index (κ2) is 6.74. The van der Waals surface area contributed by atoms with E-state index in [0.717, 1.165) is 17.9 Å². The zero-order chi connectivity index (χ0) is 14.4. The lowest BCUT2D eigenvalue weighted by atomic mass is 9.98. The molecule has 3 nitrogen and oxygen atoms in total. The maximum absolute atomic E-state index is 8.74. The second-order valence-electron chi connectivity index (χ2n) is 4.79. The molecule has 3 heteroatoms. The van der Waals surface area contributed by atoms with E-state index in [9.17, 15) is 0 Å². The molecular formula is C17H18N2O. The lowest BCUT2D eigenvalue weighted by Crippen LogP contribution is -2.04. The summed E-state index contributed by atoms with van der Waals surface area (Å²) in [7, 11) is 0. The van der Waals surface area contributed by atoms with Gasteiger partial charge in [0.05, 0.1) is 11.6 Å². The minimum Gasteiger partial charge on any atom is -0.457 e. The van der Waals surface area contributed by atoms with E-state index in [0.29, 0.717) is 18.0 Å². The summed E-state index contributed by atoms with van der Waals surface area (Å²) < 4.78 is 5.74. The summed E-state index contributed by atoms with van der Waals surface area (Å²) in [5.41, 5.74) is 7.47. The molecule has 0 amide bonds. The van der Waals surface area contributed by atoms with Crippen LogP contribution in [0.15, 0.2) is 48.5 Å². The van der Waals surface area contributed by atoms with Crippen molar-refractivity contribution in [3.05, 3.63) is 59.7 Å². The number of hydrogen-bond donors (Lipinski definition) is 1. The van der Waals surface area contributed by atoms with Gasteiger partial charge in [-0.15, -0.1) is 0 Å². The molecule has 0 fully saturated rings. The first kappa shape index (κ1) is 14.1. The number of nitrogens with two attached hydrogens (primary N) is 1. The predicted molar refractivity (Wildman–Crippen MR) is 79.8 cm³/mol. The van der Waals surface area contributed by atoms with Crippen LogP contribution in [-0.4, -0.2) is 6.54 Å². The summed E-state index contributed by atoms with van der Waals surface area (Å²) in [5, 5.41) is 8.74. The third kappa shape index (κ3) is 3.59. The van der Waals surface area contributed by atoms with Crippen LogP contribution in [-0.2, 0) is 0 Å². The molecule has 0 saturated heterocycles. The zero-order valence-corrected chi connectivity index (χ0v) is 11.5. The van der Waals surface area contributed by atoms with Crippen LogP contribution < -0.4 is 10.5 Å². The van der Waals surface area contributed by atoms with Crippen molar-refractivity contribution in [1.29, 1.82) is 5.26 Å². The molecule has 2 rings (SSSR count). The highest BCUT2D eigenvalue weighted by Crippen LogP contribution is 2.25. The number of ether oxygens (including phenoxy) is 1. The van der Waals surface area contributed by atoms with Crippen LogP contribution in [0.3, 0.4) is 0 Å². The first-order valence-electron chi connectivity index (χ1n) is 6.71. The molecular weight excluding hydrogens is 248 g/mol. The summed E-state index contributed by atoms with van der Waals surface area (Å²) in [6.45, 7) is 2.87. The van der Waals surface area contributed by atoms with Gasteiger partial charge in [0.25, 0.3) is 0 Å². The molecule has 0 aliphatic rings. The van der Waals surface area contributed by atoms with Crippen molar-refractivity contribution in [2.24, 2.45) is 5.73 Å². The van der Waals surface area contributed by atoms with E-state index in [1.807, 2.05) is 12.1 Å². The largest absolute Gasteiger partial charge is 0.457 e. The monoisotopic (exact) mass is 266 g/mol. The van der Waals surface area contributed by atoms with E-state index in [1.165, 1.54) is 5.56 Å². The van der Waals surface area contributed by atoms with E-state index >= 15 is 0 Å². The van der Waals surface area contributed by atoms with Gasteiger partial charge >= 0.3 is 0 Å². The maximum atomic E-state index is 8.74. The van der Waals surface area contributed by atoms with Crippen LogP contribution in [0.4, 0.5) is 0 Å². The highest BCUT2D eigenvalue weighted by Gasteiger charge is 2.05. The number of benzene rings is 2. The van der Waals surface area contributed by atoms with Crippen LogP contribution in [0.1, 0.15) is 30.4 Å². The van der Waals surface area contributed by atoms with Crippen LogP contribution in [0.2, 0.25) is 0 Å². The second-order valence-corrected chi connectivity index (χ2v) is 4.79. The minimum absolute atomic E-state index is 0.462. The first-order chi connectivity index (χ1) is 9.72. The van der Waals surface area contributed by atoms with Crippen molar-refractivity contribution >= 4 is 0 Å². The van der Waals surface area contributed by atoms with Crippen molar-refractivity contribution in [3.63, 3.8) is 0 Å². The third-order valence-electron chi connectivity index (χ3n) is 3.27. The van der Waals surface area contributed by atoms with Crippen molar-refractivity contribution in [3.8, 4) is 17.6 Å². The standard InChI is InChI=1S/C17H18N2O/c1-13(10-11-18)15-4-8-17(9-5-15)20-16-6-2-14(12-19)3-7-16/h2-9,13H,10-11,18H2,1H3. The Morgan fingerprint density at radius 2 is 1.60 bits per heavy atom. The van der Waals surface area contributed by atoms with Gasteiger partial charge < -0.3 is 10.5 Å². The van der Waals surface area contributed by atoms with E-state index < -0.39 is 0 Å². The summed E-state index contributed by atoms with van der Waals surface area (Å²) in [5.74, 6) is 1.98. The van der Waals surface area contributed by atoms with Crippen LogP contribution in [0.5, 0.6) is 11.5 Å². The molecule has 0 spiro atoms. The Balaban J connectivity index is 2.04. The highest BCUT2D eigenvalue weighted by atomic mass is 16.5. The predicted octanol–water partition coefficient (Wildman–Crippen LogP) is 3.80. The summed E-state index contributed by atoms with van der Waals surface area (Å²) in [6, 6.07) is 17.2. The Kier molecular flexibility index (Phi) is 4.75. The van der Waals surface area contributed by atoms with Crippen molar-refractivity contribution in [2.45, 2.75) is 19.3 Å². The van der Waals surface area contributed by atoms with E-state index in [1.54, 1.807) is 24.3 Å².